The maximum atomic E-state index is 12.7. The highest BCUT2D eigenvalue weighted by atomic mass is 19.4. The topological polar surface area (TPSA) is 32.3 Å². The molecule has 0 aromatic heterocycles. The Morgan fingerprint density at radius 2 is 1.85 bits per heavy atom. The van der Waals surface area contributed by atoms with Crippen LogP contribution in [0.15, 0.2) is 24.3 Å². The molecule has 108 valence electrons. The number of carbonyl (C=O) groups excluding carboxylic acids is 1. The molecule has 20 heavy (non-hydrogen) atoms. The molecule has 1 N–H and O–H groups in total. The lowest BCUT2D eigenvalue weighted by Gasteiger charge is -2.18. The molecule has 2 unspecified atom stereocenters. The molecule has 0 bridgehead atoms. The summed E-state index contributed by atoms with van der Waals surface area (Å²) in [4.78, 5) is 14.0. The van der Waals surface area contributed by atoms with Gasteiger partial charge in [0.25, 0.3) is 5.91 Å². The van der Waals surface area contributed by atoms with Crippen molar-refractivity contribution in [3.63, 3.8) is 0 Å². The second-order valence-electron chi connectivity index (χ2n) is 5.47. The summed E-state index contributed by atoms with van der Waals surface area (Å²) >= 11 is 0. The number of carbonyl (C=O) groups is 1. The molecule has 2 saturated heterocycles. The van der Waals surface area contributed by atoms with Crippen molar-refractivity contribution in [1.82, 2.24) is 10.2 Å². The van der Waals surface area contributed by atoms with Crippen LogP contribution in [-0.4, -0.2) is 37.0 Å². The van der Waals surface area contributed by atoms with Crippen LogP contribution in [0.4, 0.5) is 13.2 Å². The Bertz CT molecular complexity index is 517. The summed E-state index contributed by atoms with van der Waals surface area (Å²) in [7, 11) is 0. The lowest BCUT2D eigenvalue weighted by molar-refractivity contribution is -0.137. The van der Waals surface area contributed by atoms with Gasteiger partial charge < -0.3 is 10.2 Å². The van der Waals surface area contributed by atoms with Gasteiger partial charge in [-0.15, -0.1) is 0 Å². The van der Waals surface area contributed by atoms with Crippen LogP contribution in [0.5, 0.6) is 0 Å². The molecule has 0 aliphatic carbocycles. The predicted octanol–water partition coefficient (Wildman–Crippen LogP) is 2.00. The Morgan fingerprint density at radius 3 is 2.45 bits per heavy atom. The van der Waals surface area contributed by atoms with E-state index in [0.29, 0.717) is 24.9 Å². The molecule has 2 aliphatic heterocycles. The molecular formula is C14H15F3N2O. The minimum Gasteiger partial charge on any atom is -0.338 e. The monoisotopic (exact) mass is 284 g/mol. The summed E-state index contributed by atoms with van der Waals surface area (Å²) in [6, 6.07) is 4.66. The summed E-state index contributed by atoms with van der Waals surface area (Å²) in [6.07, 6.45) is -4.41. The van der Waals surface area contributed by atoms with Gasteiger partial charge in [-0.2, -0.15) is 13.2 Å². The van der Waals surface area contributed by atoms with Crippen molar-refractivity contribution in [2.24, 2.45) is 11.8 Å². The first-order chi connectivity index (χ1) is 9.45. The zero-order chi connectivity index (χ0) is 14.3. The van der Waals surface area contributed by atoms with Crippen LogP contribution in [0.2, 0.25) is 0 Å². The van der Waals surface area contributed by atoms with Gasteiger partial charge in [0.15, 0.2) is 0 Å². The van der Waals surface area contributed by atoms with E-state index in [1.165, 1.54) is 12.1 Å². The Balaban J connectivity index is 1.78. The van der Waals surface area contributed by atoms with Gasteiger partial charge in [0.1, 0.15) is 0 Å². The number of likely N-dealkylation sites (tertiary alicyclic amines) is 1. The van der Waals surface area contributed by atoms with Gasteiger partial charge in [-0.25, -0.2) is 0 Å². The second-order valence-corrected chi connectivity index (χ2v) is 5.47. The molecule has 2 aliphatic rings. The summed E-state index contributed by atoms with van der Waals surface area (Å²) in [6.45, 7) is 3.04. The number of amides is 1. The summed E-state index contributed by atoms with van der Waals surface area (Å²) in [5.74, 6) is 0.569. The number of hydrogen-bond acceptors (Lipinski definition) is 2. The van der Waals surface area contributed by atoms with E-state index in [2.05, 4.69) is 5.32 Å². The number of alkyl halides is 3. The van der Waals surface area contributed by atoms with Crippen LogP contribution in [0.3, 0.4) is 0 Å². The van der Waals surface area contributed by atoms with E-state index in [-0.39, 0.29) is 11.5 Å². The Kier molecular flexibility index (Phi) is 3.20. The van der Waals surface area contributed by atoms with E-state index in [4.69, 9.17) is 0 Å². The summed E-state index contributed by atoms with van der Waals surface area (Å²) < 4.78 is 38.0. The van der Waals surface area contributed by atoms with E-state index in [1.54, 1.807) is 4.90 Å². The van der Waals surface area contributed by atoms with Crippen LogP contribution in [0, 0.1) is 11.8 Å². The van der Waals surface area contributed by atoms with E-state index in [1.807, 2.05) is 0 Å². The van der Waals surface area contributed by atoms with Crippen LogP contribution >= 0.6 is 0 Å². The van der Waals surface area contributed by atoms with Gasteiger partial charge in [-0.3, -0.25) is 4.79 Å². The summed E-state index contributed by atoms with van der Waals surface area (Å²) in [5.41, 5.74) is -0.655. The van der Waals surface area contributed by atoms with Gasteiger partial charge >= 0.3 is 6.18 Å². The Hall–Kier alpha value is -1.56. The molecule has 0 saturated carbocycles. The fourth-order valence-electron chi connectivity index (χ4n) is 3.03. The average Bonchev–Trinajstić information content (AvgIpc) is 2.97. The van der Waals surface area contributed by atoms with Crippen molar-refractivity contribution in [3.05, 3.63) is 35.4 Å². The highest BCUT2D eigenvalue weighted by molar-refractivity contribution is 5.94. The first-order valence-corrected chi connectivity index (χ1v) is 6.62. The van der Waals surface area contributed by atoms with Crippen molar-refractivity contribution in [2.45, 2.75) is 6.18 Å². The van der Waals surface area contributed by atoms with Gasteiger partial charge in [0.05, 0.1) is 5.56 Å². The van der Waals surface area contributed by atoms with E-state index in [0.717, 1.165) is 25.2 Å². The number of fused-ring (bicyclic) bond motifs is 1. The minimum atomic E-state index is -4.41. The number of nitrogens with zero attached hydrogens (tertiary/aromatic N) is 1. The van der Waals surface area contributed by atoms with E-state index in [9.17, 15) is 18.0 Å². The second kappa shape index (κ2) is 4.77. The number of rotatable bonds is 1. The lowest BCUT2D eigenvalue weighted by Crippen LogP contribution is -2.32. The van der Waals surface area contributed by atoms with Crippen LogP contribution in [-0.2, 0) is 6.18 Å². The molecule has 3 nitrogen and oxygen atoms in total. The minimum absolute atomic E-state index is 0.118. The summed E-state index contributed by atoms with van der Waals surface area (Å²) in [5, 5.41) is 3.27. The van der Waals surface area contributed by atoms with Gasteiger partial charge in [0, 0.05) is 31.7 Å². The number of benzene rings is 1. The predicted molar refractivity (Wildman–Crippen MR) is 67.2 cm³/mol. The lowest BCUT2D eigenvalue weighted by atomic mass is 10.0. The zero-order valence-electron chi connectivity index (χ0n) is 10.8. The smallest absolute Gasteiger partial charge is 0.338 e. The van der Waals surface area contributed by atoms with Crippen LogP contribution < -0.4 is 5.32 Å². The van der Waals surface area contributed by atoms with Crippen molar-refractivity contribution in [3.8, 4) is 0 Å². The molecule has 1 amide bonds. The molecule has 6 heteroatoms. The quantitative estimate of drug-likeness (QED) is 0.855. The fraction of sp³-hybridized carbons (Fsp3) is 0.500. The van der Waals surface area contributed by atoms with E-state index < -0.39 is 11.7 Å². The molecule has 1 aromatic carbocycles. The largest absolute Gasteiger partial charge is 0.416 e. The molecule has 2 atom stereocenters. The number of nitrogens with one attached hydrogen (secondary N) is 1. The van der Waals surface area contributed by atoms with Crippen molar-refractivity contribution < 1.29 is 18.0 Å². The zero-order valence-corrected chi connectivity index (χ0v) is 10.8. The average molecular weight is 284 g/mol. The Morgan fingerprint density at radius 1 is 1.20 bits per heavy atom. The number of halogens is 3. The maximum absolute atomic E-state index is 12.7. The highest BCUT2D eigenvalue weighted by Crippen LogP contribution is 2.31. The van der Waals surface area contributed by atoms with Crippen LogP contribution in [0.25, 0.3) is 0 Å². The molecule has 0 spiro atoms. The van der Waals surface area contributed by atoms with Crippen molar-refractivity contribution >= 4 is 5.91 Å². The van der Waals surface area contributed by atoms with Gasteiger partial charge in [0.2, 0.25) is 0 Å². The molecule has 2 fully saturated rings. The molecule has 0 radical (unpaired) electrons. The number of hydrogen-bond donors (Lipinski definition) is 1. The maximum Gasteiger partial charge on any atom is 0.416 e. The third-order valence-electron chi connectivity index (χ3n) is 4.11. The SMILES string of the molecule is O=C(c1cccc(C(F)(F)F)c1)N1CC2CNCC2C1. The molecule has 3 rings (SSSR count). The van der Waals surface area contributed by atoms with Gasteiger partial charge in [-0.1, -0.05) is 6.07 Å². The Labute approximate surface area is 114 Å². The molecular weight excluding hydrogens is 269 g/mol. The first-order valence-electron chi connectivity index (χ1n) is 6.62. The van der Waals surface area contributed by atoms with Gasteiger partial charge in [-0.05, 0) is 30.0 Å². The van der Waals surface area contributed by atoms with E-state index >= 15 is 0 Å². The standard InChI is InChI=1S/C14H15F3N2O/c15-14(16,17)12-3-1-2-9(4-12)13(20)19-7-10-5-18-6-11(10)8-19/h1-4,10-11,18H,5-8H2. The van der Waals surface area contributed by atoms with Crippen molar-refractivity contribution in [2.75, 3.05) is 26.2 Å². The first kappa shape index (κ1) is 13.4. The third-order valence-corrected chi connectivity index (χ3v) is 4.11. The normalized spacial score (nSPS) is 25.9. The molecule has 2 heterocycles. The third kappa shape index (κ3) is 2.40. The van der Waals surface area contributed by atoms with Crippen LogP contribution in [0.1, 0.15) is 15.9 Å². The molecule has 1 aromatic rings. The van der Waals surface area contributed by atoms with Crippen molar-refractivity contribution in [1.29, 1.82) is 0 Å². The highest BCUT2D eigenvalue weighted by Gasteiger charge is 2.38. The fourth-order valence-corrected chi connectivity index (χ4v) is 3.03.